The lowest BCUT2D eigenvalue weighted by molar-refractivity contribution is -0.130. The van der Waals surface area contributed by atoms with Gasteiger partial charge >= 0.3 is 6.03 Å². The molecule has 0 aromatic rings. The molecule has 5 fully saturated rings. The molecule has 23 heavy (non-hydrogen) atoms. The van der Waals surface area contributed by atoms with E-state index in [-0.39, 0.29) is 18.0 Å². The Morgan fingerprint density at radius 3 is 2.22 bits per heavy atom. The van der Waals surface area contributed by atoms with E-state index in [2.05, 4.69) is 17.6 Å². The topological polar surface area (TPSA) is 61.4 Å². The molecule has 128 valence electrons. The molecule has 0 radical (unpaired) electrons. The monoisotopic (exact) mass is 319 g/mol. The van der Waals surface area contributed by atoms with Crippen molar-refractivity contribution < 1.29 is 9.59 Å². The zero-order valence-electron chi connectivity index (χ0n) is 14.3. The Morgan fingerprint density at radius 1 is 1.17 bits per heavy atom. The van der Waals surface area contributed by atoms with Gasteiger partial charge in [0.05, 0.1) is 6.04 Å². The molecule has 0 unspecified atom stereocenters. The lowest BCUT2D eigenvalue weighted by Crippen LogP contribution is -2.58. The Morgan fingerprint density at radius 2 is 1.74 bits per heavy atom. The van der Waals surface area contributed by atoms with E-state index in [1.165, 1.54) is 43.4 Å². The standard InChI is InChI=1S/C18H29N3O2/c1-11(16(22)21-4-3-19-17(21)23)20-12(2)18-8-13-5-14(9-18)7-15(6-13)10-18/h11-15,20H,3-10H2,1-2H3,(H,19,23)/t11-,12-,13?,14?,15?,18?/m0/s1. The molecule has 4 saturated carbocycles. The number of imide groups is 1. The average molecular weight is 319 g/mol. The number of hydrogen-bond donors (Lipinski definition) is 2. The van der Waals surface area contributed by atoms with Crippen LogP contribution in [0.2, 0.25) is 0 Å². The molecule has 5 aliphatic rings. The highest BCUT2D eigenvalue weighted by Crippen LogP contribution is 2.61. The summed E-state index contributed by atoms with van der Waals surface area (Å²) in [5.74, 6) is 2.67. The minimum Gasteiger partial charge on any atom is -0.336 e. The Balaban J connectivity index is 1.42. The predicted molar refractivity (Wildman–Crippen MR) is 87.8 cm³/mol. The number of urea groups is 1. The smallest absolute Gasteiger partial charge is 0.324 e. The van der Waals surface area contributed by atoms with E-state index in [0.717, 1.165) is 17.8 Å². The van der Waals surface area contributed by atoms with Gasteiger partial charge in [-0.3, -0.25) is 9.69 Å². The molecular formula is C18H29N3O2. The largest absolute Gasteiger partial charge is 0.336 e. The van der Waals surface area contributed by atoms with Gasteiger partial charge in [-0.05, 0) is 75.5 Å². The highest BCUT2D eigenvalue weighted by atomic mass is 16.2. The van der Waals surface area contributed by atoms with Gasteiger partial charge in [0.25, 0.3) is 0 Å². The van der Waals surface area contributed by atoms with Crippen molar-refractivity contribution in [1.82, 2.24) is 15.5 Å². The third-order valence-corrected chi connectivity index (χ3v) is 7.00. The maximum absolute atomic E-state index is 12.5. The Kier molecular flexibility index (Phi) is 3.67. The Hall–Kier alpha value is -1.10. The van der Waals surface area contributed by atoms with Gasteiger partial charge in [-0.25, -0.2) is 4.79 Å². The summed E-state index contributed by atoms with van der Waals surface area (Å²) in [6, 6.07) is -0.187. The fourth-order valence-electron chi connectivity index (χ4n) is 6.25. The van der Waals surface area contributed by atoms with E-state index >= 15 is 0 Å². The number of carbonyl (C=O) groups excluding carboxylic acids is 2. The van der Waals surface area contributed by atoms with Crippen LogP contribution in [0.1, 0.15) is 52.4 Å². The fraction of sp³-hybridized carbons (Fsp3) is 0.889. The van der Waals surface area contributed by atoms with E-state index in [4.69, 9.17) is 0 Å². The van der Waals surface area contributed by atoms with Crippen LogP contribution in [-0.2, 0) is 4.79 Å². The number of hydrogen-bond acceptors (Lipinski definition) is 3. The first-order valence-corrected chi connectivity index (χ1v) is 9.32. The van der Waals surface area contributed by atoms with Crippen molar-refractivity contribution >= 4 is 11.9 Å². The minimum atomic E-state index is -0.290. The molecule has 5 rings (SSSR count). The van der Waals surface area contributed by atoms with Crippen LogP contribution >= 0.6 is 0 Å². The maximum atomic E-state index is 12.5. The molecule has 1 heterocycles. The molecule has 2 atom stereocenters. The van der Waals surface area contributed by atoms with E-state index in [9.17, 15) is 9.59 Å². The van der Waals surface area contributed by atoms with Gasteiger partial charge in [-0.15, -0.1) is 0 Å². The zero-order valence-corrected chi connectivity index (χ0v) is 14.3. The van der Waals surface area contributed by atoms with Crippen LogP contribution in [0.5, 0.6) is 0 Å². The van der Waals surface area contributed by atoms with Crippen LogP contribution in [0.25, 0.3) is 0 Å². The molecule has 0 aromatic carbocycles. The van der Waals surface area contributed by atoms with Crippen LogP contribution in [0.3, 0.4) is 0 Å². The van der Waals surface area contributed by atoms with Gasteiger partial charge in [-0.1, -0.05) is 0 Å². The second-order valence-electron chi connectivity index (χ2n) is 8.61. The van der Waals surface area contributed by atoms with Gasteiger partial charge in [-0.2, -0.15) is 0 Å². The molecule has 4 aliphatic carbocycles. The van der Waals surface area contributed by atoms with Crippen LogP contribution in [0.4, 0.5) is 4.79 Å². The van der Waals surface area contributed by atoms with Crippen molar-refractivity contribution in [1.29, 1.82) is 0 Å². The van der Waals surface area contributed by atoms with Crippen LogP contribution < -0.4 is 10.6 Å². The van der Waals surface area contributed by atoms with E-state index in [1.54, 1.807) is 0 Å². The van der Waals surface area contributed by atoms with Gasteiger partial charge in [0.2, 0.25) is 5.91 Å². The summed E-state index contributed by atoms with van der Waals surface area (Å²) >= 11 is 0. The van der Waals surface area contributed by atoms with Gasteiger partial charge in [0.15, 0.2) is 0 Å². The number of nitrogens with one attached hydrogen (secondary N) is 2. The van der Waals surface area contributed by atoms with Crippen molar-refractivity contribution in [2.24, 2.45) is 23.2 Å². The quantitative estimate of drug-likeness (QED) is 0.834. The Labute approximate surface area is 138 Å². The molecule has 2 N–H and O–H groups in total. The first-order chi connectivity index (χ1) is 11.0. The summed E-state index contributed by atoms with van der Waals surface area (Å²) in [6.07, 6.45) is 8.31. The summed E-state index contributed by atoms with van der Waals surface area (Å²) in [6.45, 7) is 5.24. The first-order valence-electron chi connectivity index (χ1n) is 9.32. The normalized spacial score (nSPS) is 41.0. The lowest BCUT2D eigenvalue weighted by Gasteiger charge is -2.59. The molecule has 5 nitrogen and oxygen atoms in total. The molecule has 1 saturated heterocycles. The minimum absolute atomic E-state index is 0.0865. The molecule has 5 heteroatoms. The van der Waals surface area contributed by atoms with Crippen LogP contribution in [-0.4, -0.2) is 42.0 Å². The third kappa shape index (κ3) is 2.57. The van der Waals surface area contributed by atoms with Gasteiger partial charge < -0.3 is 10.6 Å². The summed E-state index contributed by atoms with van der Waals surface area (Å²) < 4.78 is 0. The number of nitrogens with zero attached hydrogens (tertiary/aromatic N) is 1. The average Bonchev–Trinajstić information content (AvgIpc) is 2.91. The zero-order chi connectivity index (χ0) is 16.2. The van der Waals surface area contributed by atoms with Gasteiger partial charge in [0.1, 0.15) is 0 Å². The van der Waals surface area contributed by atoms with Crippen molar-refractivity contribution in [3.05, 3.63) is 0 Å². The maximum Gasteiger partial charge on any atom is 0.324 e. The fourth-order valence-corrected chi connectivity index (χ4v) is 6.25. The second kappa shape index (κ2) is 5.47. The molecule has 3 amide bonds. The van der Waals surface area contributed by atoms with E-state index in [1.807, 2.05) is 6.92 Å². The highest BCUT2D eigenvalue weighted by Gasteiger charge is 2.53. The van der Waals surface area contributed by atoms with E-state index < -0.39 is 0 Å². The second-order valence-corrected chi connectivity index (χ2v) is 8.61. The predicted octanol–water partition coefficient (Wildman–Crippen LogP) is 2.12. The summed E-state index contributed by atoms with van der Waals surface area (Å²) in [5, 5.41) is 6.27. The molecule has 0 spiro atoms. The van der Waals surface area contributed by atoms with Crippen molar-refractivity contribution in [3.8, 4) is 0 Å². The number of carbonyl (C=O) groups is 2. The molecule has 1 aliphatic heterocycles. The van der Waals surface area contributed by atoms with Crippen molar-refractivity contribution in [3.63, 3.8) is 0 Å². The summed E-state index contributed by atoms with van der Waals surface area (Å²) in [4.78, 5) is 25.6. The van der Waals surface area contributed by atoms with Crippen LogP contribution in [0.15, 0.2) is 0 Å². The number of rotatable bonds is 4. The van der Waals surface area contributed by atoms with E-state index in [0.29, 0.717) is 24.5 Å². The van der Waals surface area contributed by atoms with Gasteiger partial charge in [0, 0.05) is 19.1 Å². The van der Waals surface area contributed by atoms with Crippen molar-refractivity contribution in [2.75, 3.05) is 13.1 Å². The molecular weight excluding hydrogens is 290 g/mol. The van der Waals surface area contributed by atoms with Crippen LogP contribution in [0, 0.1) is 23.2 Å². The Bertz CT molecular complexity index is 483. The first kappa shape index (κ1) is 15.4. The third-order valence-electron chi connectivity index (χ3n) is 7.00. The molecule has 4 bridgehead atoms. The summed E-state index contributed by atoms with van der Waals surface area (Å²) in [5.41, 5.74) is 0.385. The summed E-state index contributed by atoms with van der Waals surface area (Å²) in [7, 11) is 0. The molecule has 0 aromatic heterocycles. The SMILES string of the molecule is C[C@H](N[C@@H](C)C12CC3CC(CC(C3)C1)C2)C(=O)N1CCNC1=O. The lowest BCUT2D eigenvalue weighted by atomic mass is 9.48. The van der Waals surface area contributed by atoms with Crippen molar-refractivity contribution in [2.45, 2.75) is 64.5 Å². The highest BCUT2D eigenvalue weighted by molar-refractivity contribution is 5.98. The number of amides is 3.